The molecular formula is C10H8O5S. The molecule has 0 bridgehead atoms. The van der Waals surface area contributed by atoms with E-state index in [-0.39, 0.29) is 10.5 Å². The minimum Gasteiger partial charge on any atom is -0.478 e. The van der Waals surface area contributed by atoms with Gasteiger partial charge in [-0.15, -0.1) is 0 Å². The van der Waals surface area contributed by atoms with E-state index in [1.54, 1.807) is 0 Å². The van der Waals surface area contributed by atoms with E-state index in [0.29, 0.717) is 0 Å². The number of aliphatic carboxylic acids is 1. The van der Waals surface area contributed by atoms with Crippen LogP contribution in [0, 0.1) is 0 Å². The molecule has 0 amide bonds. The van der Waals surface area contributed by atoms with E-state index < -0.39 is 22.7 Å². The normalized spacial score (nSPS) is 12.5. The molecule has 16 heavy (non-hydrogen) atoms. The Hall–Kier alpha value is -1.95. The molecule has 2 N–H and O–H groups in total. The Labute approximate surface area is 93.5 Å². The summed E-state index contributed by atoms with van der Waals surface area (Å²) in [5.74, 6) is -2.44. The highest BCUT2D eigenvalue weighted by atomic mass is 32.2. The first-order valence-electron chi connectivity index (χ1n) is 4.16. The van der Waals surface area contributed by atoms with Gasteiger partial charge in [0, 0.05) is 11.5 Å². The number of hydrogen-bond donors (Lipinski definition) is 2. The number of carboxylic acids is 2. The smallest absolute Gasteiger partial charge is 0.336 e. The molecule has 5 nitrogen and oxygen atoms in total. The molecule has 0 fully saturated rings. The zero-order chi connectivity index (χ0) is 12.1. The van der Waals surface area contributed by atoms with Crippen molar-refractivity contribution in [3.8, 4) is 0 Å². The minimum atomic E-state index is -1.78. The second-order valence-corrected chi connectivity index (χ2v) is 4.05. The summed E-state index contributed by atoms with van der Waals surface area (Å²) in [7, 11) is -1.78. The molecule has 84 valence electrons. The van der Waals surface area contributed by atoms with Gasteiger partial charge in [-0.05, 0) is 12.1 Å². The zero-order valence-electron chi connectivity index (χ0n) is 7.99. The summed E-state index contributed by atoms with van der Waals surface area (Å²) in [6.07, 6.45) is 0.717. The molecule has 1 atom stereocenters. The van der Waals surface area contributed by atoms with Crippen LogP contribution in [0.1, 0.15) is 10.4 Å². The Kier molecular flexibility index (Phi) is 3.96. The Morgan fingerprint density at radius 3 is 2.38 bits per heavy atom. The maximum Gasteiger partial charge on any atom is 0.336 e. The van der Waals surface area contributed by atoms with Gasteiger partial charge in [0.25, 0.3) is 0 Å². The number of carbonyl (C=O) groups is 2. The fourth-order valence-electron chi connectivity index (χ4n) is 1.01. The van der Waals surface area contributed by atoms with E-state index in [9.17, 15) is 13.8 Å². The highest BCUT2D eigenvalue weighted by molar-refractivity contribution is 7.88. The van der Waals surface area contributed by atoms with Gasteiger partial charge in [-0.1, -0.05) is 12.1 Å². The number of benzene rings is 1. The number of aromatic carboxylic acids is 1. The van der Waals surface area contributed by atoms with Gasteiger partial charge in [-0.25, -0.2) is 13.8 Å². The molecule has 0 saturated heterocycles. The molecule has 0 aliphatic carbocycles. The van der Waals surface area contributed by atoms with Crippen molar-refractivity contribution < 1.29 is 24.0 Å². The maximum atomic E-state index is 11.6. The first-order chi connectivity index (χ1) is 7.52. The van der Waals surface area contributed by atoms with E-state index in [0.717, 1.165) is 11.5 Å². The lowest BCUT2D eigenvalue weighted by molar-refractivity contribution is -0.131. The van der Waals surface area contributed by atoms with Crippen molar-refractivity contribution in [1.82, 2.24) is 0 Å². The van der Waals surface area contributed by atoms with Crippen LogP contribution in [0.15, 0.2) is 40.6 Å². The van der Waals surface area contributed by atoms with Crippen molar-refractivity contribution in [3.05, 3.63) is 41.3 Å². The minimum absolute atomic E-state index is 0.0764. The Balaban J connectivity index is 3.09. The van der Waals surface area contributed by atoms with Crippen LogP contribution in [0.4, 0.5) is 0 Å². The van der Waals surface area contributed by atoms with Crippen LogP contribution in [-0.4, -0.2) is 26.4 Å². The average molecular weight is 240 g/mol. The van der Waals surface area contributed by atoms with Crippen LogP contribution in [0.5, 0.6) is 0 Å². The lowest BCUT2D eigenvalue weighted by Crippen LogP contribution is -2.02. The van der Waals surface area contributed by atoms with Crippen molar-refractivity contribution in [2.45, 2.75) is 4.90 Å². The first-order valence-corrected chi connectivity index (χ1v) is 5.37. The zero-order valence-corrected chi connectivity index (χ0v) is 8.81. The van der Waals surface area contributed by atoms with Crippen molar-refractivity contribution in [1.29, 1.82) is 0 Å². The highest BCUT2D eigenvalue weighted by Crippen LogP contribution is 2.14. The summed E-state index contributed by atoms with van der Waals surface area (Å²) in [6, 6.07) is 5.73. The second kappa shape index (κ2) is 5.22. The Morgan fingerprint density at radius 1 is 1.19 bits per heavy atom. The van der Waals surface area contributed by atoms with Gasteiger partial charge in [0.15, 0.2) is 0 Å². The van der Waals surface area contributed by atoms with Gasteiger partial charge in [-0.3, -0.25) is 0 Å². The molecule has 1 aromatic carbocycles. The number of rotatable bonds is 4. The highest BCUT2D eigenvalue weighted by Gasteiger charge is 2.12. The van der Waals surface area contributed by atoms with Crippen LogP contribution in [0.25, 0.3) is 0 Å². The monoisotopic (exact) mass is 240 g/mol. The average Bonchev–Trinajstić information content (AvgIpc) is 2.25. The quantitative estimate of drug-likeness (QED) is 0.768. The standard InChI is InChI=1S/C10H8O5S/c11-9(12)5-6-16(15)8-4-2-1-3-7(8)10(13)14/h1-6H,(H,11,12)(H,13,14)/b6-5+. The molecule has 0 radical (unpaired) electrons. The van der Waals surface area contributed by atoms with Gasteiger partial charge in [-0.2, -0.15) is 0 Å². The summed E-state index contributed by atoms with van der Waals surface area (Å²) in [4.78, 5) is 21.1. The van der Waals surface area contributed by atoms with E-state index >= 15 is 0 Å². The predicted molar refractivity (Wildman–Crippen MR) is 56.6 cm³/mol. The van der Waals surface area contributed by atoms with E-state index in [2.05, 4.69) is 0 Å². The summed E-state index contributed by atoms with van der Waals surface area (Å²) in [6.45, 7) is 0. The number of carboxylic acid groups (broad SMARTS) is 2. The Morgan fingerprint density at radius 2 is 1.81 bits per heavy atom. The molecule has 0 aliphatic rings. The van der Waals surface area contributed by atoms with Crippen LogP contribution in [0.2, 0.25) is 0 Å². The van der Waals surface area contributed by atoms with E-state index in [1.807, 2.05) is 0 Å². The predicted octanol–water partition coefficient (Wildman–Crippen LogP) is 1.09. The van der Waals surface area contributed by atoms with Crippen LogP contribution in [0.3, 0.4) is 0 Å². The lowest BCUT2D eigenvalue weighted by atomic mass is 10.2. The fourth-order valence-corrected chi connectivity index (χ4v) is 1.98. The van der Waals surface area contributed by atoms with Crippen molar-refractivity contribution >= 4 is 22.7 Å². The first kappa shape index (κ1) is 12.1. The summed E-state index contributed by atoms with van der Waals surface area (Å²) in [5.41, 5.74) is -0.101. The van der Waals surface area contributed by atoms with Gasteiger partial charge in [0.1, 0.15) is 0 Å². The molecule has 0 saturated carbocycles. The molecular weight excluding hydrogens is 232 g/mol. The van der Waals surface area contributed by atoms with Gasteiger partial charge < -0.3 is 10.2 Å². The maximum absolute atomic E-state index is 11.6. The lowest BCUT2D eigenvalue weighted by Gasteiger charge is -2.01. The van der Waals surface area contributed by atoms with Gasteiger partial charge >= 0.3 is 11.9 Å². The van der Waals surface area contributed by atoms with Crippen molar-refractivity contribution in [2.24, 2.45) is 0 Å². The largest absolute Gasteiger partial charge is 0.478 e. The molecule has 0 aliphatic heterocycles. The fraction of sp³-hybridized carbons (Fsp3) is 0. The third-order valence-corrected chi connectivity index (χ3v) is 2.84. The number of hydrogen-bond acceptors (Lipinski definition) is 3. The summed E-state index contributed by atoms with van der Waals surface area (Å²) >= 11 is 0. The molecule has 1 aromatic rings. The van der Waals surface area contributed by atoms with Crippen LogP contribution in [-0.2, 0) is 15.6 Å². The third-order valence-electron chi connectivity index (χ3n) is 1.67. The van der Waals surface area contributed by atoms with E-state index in [1.165, 1.54) is 24.3 Å². The van der Waals surface area contributed by atoms with Crippen molar-refractivity contribution in [2.75, 3.05) is 0 Å². The van der Waals surface area contributed by atoms with E-state index in [4.69, 9.17) is 10.2 Å². The third kappa shape index (κ3) is 3.03. The SMILES string of the molecule is O=C(O)/C=C/S(=O)c1ccccc1C(=O)O. The van der Waals surface area contributed by atoms with Crippen LogP contribution < -0.4 is 0 Å². The molecule has 1 unspecified atom stereocenters. The topological polar surface area (TPSA) is 91.7 Å². The molecule has 1 rings (SSSR count). The van der Waals surface area contributed by atoms with Crippen molar-refractivity contribution in [3.63, 3.8) is 0 Å². The summed E-state index contributed by atoms with van der Waals surface area (Å²) < 4.78 is 11.6. The Bertz CT molecular complexity index is 478. The molecule has 0 heterocycles. The van der Waals surface area contributed by atoms with Crippen LogP contribution >= 0.6 is 0 Å². The molecule has 0 spiro atoms. The van der Waals surface area contributed by atoms with Gasteiger partial charge in [0.05, 0.1) is 21.3 Å². The molecule has 6 heteroatoms. The summed E-state index contributed by atoms with van der Waals surface area (Å²) in [5, 5.41) is 18.1. The second-order valence-electron chi connectivity index (χ2n) is 2.74. The molecule has 0 aromatic heterocycles. The van der Waals surface area contributed by atoms with Gasteiger partial charge in [0.2, 0.25) is 0 Å².